The molecule has 2 aliphatic heterocycles. The Morgan fingerprint density at radius 3 is 0.721 bits per heavy atom. The number of benzene rings is 2. The number of fused-ring (bicyclic) bond motifs is 2. The van der Waals surface area contributed by atoms with Crippen molar-refractivity contribution >= 4 is 32.4 Å². The second-order valence-corrected chi connectivity index (χ2v) is 34.4. The first-order chi connectivity index (χ1) is 39.7. The summed E-state index contributed by atoms with van der Waals surface area (Å²) in [5.41, 5.74) is 14.1. The molecular formula is C66H94Cl2Cr2N2O8P4Rh2-2. The van der Waals surface area contributed by atoms with Gasteiger partial charge in [-0.05, 0) is 177 Å². The molecular weight excluding hydrogens is 1450 g/mol. The van der Waals surface area contributed by atoms with E-state index in [2.05, 4.69) is 97.8 Å². The van der Waals surface area contributed by atoms with Crippen LogP contribution in [0, 0.1) is 39.9 Å². The fourth-order valence-electron chi connectivity index (χ4n) is 16.1. The van der Waals surface area contributed by atoms with E-state index in [9.17, 15) is 0 Å². The van der Waals surface area contributed by atoms with Crippen LogP contribution in [0.1, 0.15) is 228 Å². The third-order valence-corrected chi connectivity index (χ3v) is 32.6. The summed E-state index contributed by atoms with van der Waals surface area (Å²) in [6.45, 7) is 31.4. The van der Waals surface area contributed by atoms with Gasteiger partial charge in [0.25, 0.3) is 0 Å². The van der Waals surface area contributed by atoms with E-state index in [-0.39, 0.29) is 131 Å². The maximum Gasteiger partial charge on any atom is 0.0671 e. The van der Waals surface area contributed by atoms with Gasteiger partial charge in [-0.1, -0.05) is 151 Å². The van der Waals surface area contributed by atoms with Gasteiger partial charge in [0.2, 0.25) is 0 Å². The summed E-state index contributed by atoms with van der Waals surface area (Å²) < 4.78 is 65.6. The molecule has 2 heterocycles. The third kappa shape index (κ3) is 25.8. The fraction of sp³-hybridized carbons (Fsp3) is 0.727. The first-order valence-corrected chi connectivity index (χ1v) is 36.7. The first-order valence-electron chi connectivity index (χ1n) is 31.0. The smallest absolute Gasteiger partial charge is 0.0671 e. The molecule has 2 aromatic rings. The Hall–Kier alpha value is 1.33. The summed E-state index contributed by atoms with van der Waals surface area (Å²) in [7, 11) is -0.538. The summed E-state index contributed by atoms with van der Waals surface area (Å²) in [4.78, 5) is 0. The Kier molecular flexibility index (Phi) is 54.7. The standard InChI is InChI=1S/2C30H47NOP2.6CO.2ClH.2Cr.2Rh/c2*1-2-12-25-22-31(33(27-13-3-4-14-27)28-15-5-6-16-28)26(21-24(25)11-1)23-32-34(29-17-7-8-18-29)30-19-9-10-20-30;6*1-2;;;;;;/h2*1-2,11-12,26-30H,3-10,13-23H2;;;;;;;2*1H;;;;/p-2/t2*26-;;;;;;;;;;;;/m00............/s1. The Balaban J connectivity index is 0. The van der Waals surface area contributed by atoms with E-state index in [0.29, 0.717) is 12.1 Å². The molecule has 482 valence electrons. The van der Waals surface area contributed by atoms with E-state index in [0.717, 1.165) is 58.5 Å². The van der Waals surface area contributed by atoms with Crippen LogP contribution in [0.2, 0.25) is 0 Å². The van der Waals surface area contributed by atoms with Crippen molar-refractivity contribution in [3.8, 4) is 0 Å². The van der Waals surface area contributed by atoms with Gasteiger partial charge in [-0.2, -0.15) is 0 Å². The average Bonchev–Trinajstić information content (AvgIpc) is 1.83. The largest absolute Gasteiger partial charge is 1.00 e. The number of rotatable bonds is 16. The SMILES string of the molecule is [C-]#[O+].[C-]#[O+].[C-]#[O+].[C-]#[O+].[C-]#[O+].[C-]#[O+].[Cl-].[Cl-].[Cr].[Cr].[Rh].[Rh].c1ccc2c(c1)C[C@@H](COP(C1CCCC1)C1CCCC1)N(P(C1CCCC1)C1CCCC1)C2.c1ccc2c(c1)C[C@@H](COP(C1CCCC1)C1CCCC1)N(P(C1CCCC1)C1CCCC1)C2. The van der Waals surface area contributed by atoms with Crippen LogP contribution in [0.3, 0.4) is 0 Å². The second-order valence-electron chi connectivity index (χ2n) is 24.0. The van der Waals surface area contributed by atoms with E-state index < -0.39 is 0 Å². The second kappa shape index (κ2) is 52.6. The molecule has 12 rings (SSSR count). The van der Waals surface area contributed by atoms with Gasteiger partial charge in [0.15, 0.2) is 0 Å². The van der Waals surface area contributed by atoms with Crippen molar-refractivity contribution in [1.29, 1.82) is 0 Å². The fourth-order valence-corrected chi connectivity index (χ4v) is 30.4. The van der Waals surface area contributed by atoms with Gasteiger partial charge in [0, 0.05) is 138 Å². The van der Waals surface area contributed by atoms with Gasteiger partial charge in [-0.15, -0.1) is 0 Å². The predicted molar refractivity (Wildman–Crippen MR) is 320 cm³/mol. The van der Waals surface area contributed by atoms with Gasteiger partial charge < -0.3 is 33.9 Å². The summed E-state index contributed by atoms with van der Waals surface area (Å²) in [6.07, 6.45) is 49.6. The number of halogens is 2. The molecule has 20 heteroatoms. The monoisotopic (exact) mass is 1550 g/mol. The van der Waals surface area contributed by atoms with Crippen LogP contribution in [0.4, 0.5) is 0 Å². The maximum absolute atomic E-state index is 7.50. The Morgan fingerprint density at radius 1 is 0.326 bits per heavy atom. The summed E-state index contributed by atoms with van der Waals surface area (Å²) >= 11 is 0. The van der Waals surface area contributed by atoms with Crippen LogP contribution in [-0.4, -0.2) is 79.9 Å². The quantitative estimate of drug-likeness (QED) is 0.0713. The number of nitrogens with zero attached hydrogens (tertiary/aromatic N) is 2. The molecule has 2 atom stereocenters. The molecule has 0 amide bonds. The summed E-state index contributed by atoms with van der Waals surface area (Å²) in [5.74, 6) is 0. The summed E-state index contributed by atoms with van der Waals surface area (Å²) in [6, 6.07) is 20.0. The summed E-state index contributed by atoms with van der Waals surface area (Å²) in [5, 5.41) is 0. The predicted octanol–water partition coefficient (Wildman–Crippen LogP) is 11.8. The number of hydrogen-bond acceptors (Lipinski definition) is 4. The molecule has 8 fully saturated rings. The van der Waals surface area contributed by atoms with Crippen LogP contribution in [0.25, 0.3) is 0 Å². The molecule has 8 aliphatic carbocycles. The van der Waals surface area contributed by atoms with E-state index in [1.807, 2.05) is 0 Å². The maximum atomic E-state index is 7.50. The van der Waals surface area contributed by atoms with Crippen molar-refractivity contribution in [2.75, 3.05) is 13.2 Å². The van der Waals surface area contributed by atoms with Crippen LogP contribution in [0.5, 0.6) is 0 Å². The van der Waals surface area contributed by atoms with Crippen LogP contribution < -0.4 is 24.8 Å². The molecule has 0 spiro atoms. The van der Waals surface area contributed by atoms with Crippen molar-refractivity contribution in [1.82, 2.24) is 9.34 Å². The van der Waals surface area contributed by atoms with Gasteiger partial charge in [-0.25, -0.2) is 0 Å². The first kappa shape index (κ1) is 89.4. The van der Waals surface area contributed by atoms with E-state index >= 15 is 0 Å². The van der Waals surface area contributed by atoms with Gasteiger partial charge >= 0.3 is 67.8 Å². The number of hydrogen-bond donors (Lipinski definition) is 0. The molecule has 8 saturated carbocycles. The van der Waals surface area contributed by atoms with Gasteiger partial charge in [0.05, 0.1) is 13.2 Å². The normalized spacial score (nSPS) is 22.4. The Morgan fingerprint density at radius 2 is 0.512 bits per heavy atom. The van der Waals surface area contributed by atoms with Crippen molar-refractivity contribution in [3.63, 3.8) is 0 Å². The molecule has 2 aromatic carbocycles. The minimum Gasteiger partial charge on any atom is -1.00 e. The van der Waals surface area contributed by atoms with Gasteiger partial charge in [-0.3, -0.25) is 9.34 Å². The Bertz CT molecular complexity index is 1920. The zero-order chi connectivity index (χ0) is 57.5. The third-order valence-electron chi connectivity index (χ3n) is 19.6. The van der Waals surface area contributed by atoms with Crippen molar-refractivity contribution in [3.05, 3.63) is 111 Å². The molecule has 10 aliphatic rings. The van der Waals surface area contributed by atoms with E-state index in [4.69, 9.17) is 37.0 Å². The average molecular weight is 1550 g/mol. The van der Waals surface area contributed by atoms with Crippen LogP contribution >= 0.6 is 32.4 Å². The molecule has 0 unspecified atom stereocenters. The minimum atomic E-state index is -0.233. The zero-order valence-corrected chi connectivity index (χ0v) is 61.4. The van der Waals surface area contributed by atoms with Crippen LogP contribution in [0.15, 0.2) is 48.5 Å². The molecule has 10 nitrogen and oxygen atoms in total. The Labute approximate surface area is 584 Å². The van der Waals surface area contributed by atoms with Crippen molar-refractivity contribution in [2.24, 2.45) is 0 Å². The topological polar surface area (TPSA) is 144 Å². The molecule has 2 radical (unpaired) electrons. The molecule has 0 N–H and O–H groups in total. The molecule has 86 heavy (non-hydrogen) atoms. The molecule has 0 aromatic heterocycles. The van der Waals surface area contributed by atoms with Crippen molar-refractivity contribution in [2.45, 2.75) is 289 Å². The molecule has 0 bridgehead atoms. The molecule has 0 saturated heterocycles. The van der Waals surface area contributed by atoms with E-state index in [1.165, 1.54) is 231 Å². The van der Waals surface area contributed by atoms with E-state index in [1.54, 1.807) is 22.3 Å². The zero-order valence-electron chi connectivity index (χ0n) is 50.5. The minimum absolute atomic E-state index is 0. The van der Waals surface area contributed by atoms with Crippen molar-refractivity contribution < 1.29 is 135 Å². The van der Waals surface area contributed by atoms with Crippen LogP contribution in [-0.2, 0) is 137 Å². The van der Waals surface area contributed by atoms with Gasteiger partial charge in [0.1, 0.15) is 0 Å².